The van der Waals surface area contributed by atoms with Crippen LogP contribution in [0.3, 0.4) is 0 Å². The molecule has 3 aromatic rings. The molecule has 2 unspecified atom stereocenters. The van der Waals surface area contributed by atoms with Gasteiger partial charge in [0, 0.05) is 41.4 Å². The van der Waals surface area contributed by atoms with Crippen molar-refractivity contribution in [3.63, 3.8) is 0 Å². The predicted molar refractivity (Wildman–Crippen MR) is 125 cm³/mol. The summed E-state index contributed by atoms with van der Waals surface area (Å²) in [5.41, 5.74) is 7.33. The van der Waals surface area contributed by atoms with Gasteiger partial charge in [0.25, 0.3) is 0 Å². The number of hydrogen-bond acceptors (Lipinski definition) is 8. The number of benzene rings is 1. The Kier molecular flexibility index (Phi) is 5.30. The van der Waals surface area contributed by atoms with Crippen LogP contribution >= 0.6 is 22.9 Å². The van der Waals surface area contributed by atoms with E-state index in [1.54, 1.807) is 13.1 Å². The number of nitrogens with two attached hydrogens (primary N) is 1. The van der Waals surface area contributed by atoms with Crippen LogP contribution in [0.4, 0.5) is 17.5 Å². The van der Waals surface area contributed by atoms with Gasteiger partial charge in [0.1, 0.15) is 10.0 Å². The second-order valence-electron chi connectivity index (χ2n) is 8.31. The first kappa shape index (κ1) is 21.2. The highest BCUT2D eigenvalue weighted by molar-refractivity contribution is 7.09. The molecular formula is C23H22ClN5O2S. The quantitative estimate of drug-likeness (QED) is 0.555. The Bertz CT molecular complexity index is 1210. The van der Waals surface area contributed by atoms with E-state index in [1.165, 1.54) is 23.1 Å². The molecule has 4 heterocycles. The molecule has 1 fully saturated rings. The monoisotopic (exact) mass is 467 g/mol. The number of thiazole rings is 1. The molecular weight excluding hydrogens is 446 g/mol. The Labute approximate surface area is 195 Å². The third kappa shape index (κ3) is 3.71. The summed E-state index contributed by atoms with van der Waals surface area (Å²) in [7, 11) is 0. The number of ether oxygens (including phenoxy) is 1. The van der Waals surface area contributed by atoms with Gasteiger partial charge in [0.2, 0.25) is 5.95 Å². The van der Waals surface area contributed by atoms with Gasteiger partial charge in [0.05, 0.1) is 12.8 Å². The lowest BCUT2D eigenvalue weighted by molar-refractivity contribution is 0.0412. The number of aliphatic hydroxyl groups is 1. The third-order valence-corrected chi connectivity index (χ3v) is 7.19. The fourth-order valence-corrected chi connectivity index (χ4v) is 5.25. The standard InChI is InChI=1S/C23H22ClN5O2S/c1-22(30,20-26-8-10-32-20)7-5-15-3-4-16-18(11-15)29(13-23(16)6-2-9-31-14-23)19-17(24)12-27-21(25)28-19/h3-4,8,10-12,30H,2,6,9,13-14H2,1H3,(H2,25,27,28). The summed E-state index contributed by atoms with van der Waals surface area (Å²) in [6, 6.07) is 6.10. The average Bonchev–Trinajstić information content (AvgIpc) is 3.43. The van der Waals surface area contributed by atoms with E-state index in [1.807, 2.05) is 17.5 Å². The van der Waals surface area contributed by atoms with E-state index in [4.69, 9.17) is 22.1 Å². The lowest BCUT2D eigenvalue weighted by Crippen LogP contribution is -2.39. The number of aromatic nitrogens is 3. The van der Waals surface area contributed by atoms with Crippen LogP contribution in [0.25, 0.3) is 0 Å². The minimum atomic E-state index is -1.32. The Hall–Kier alpha value is -2.70. The zero-order chi connectivity index (χ0) is 22.3. The SMILES string of the molecule is CC(O)(C#Cc1ccc2c(c1)N(c1nc(N)ncc1Cl)CC21CCCOC1)c1nccs1. The maximum Gasteiger partial charge on any atom is 0.222 e. The summed E-state index contributed by atoms with van der Waals surface area (Å²) in [6.07, 6.45) is 5.19. The van der Waals surface area contributed by atoms with Crippen molar-refractivity contribution in [3.8, 4) is 11.8 Å². The van der Waals surface area contributed by atoms with Crippen LogP contribution in [0.5, 0.6) is 0 Å². The van der Waals surface area contributed by atoms with Crippen LogP contribution < -0.4 is 10.6 Å². The van der Waals surface area contributed by atoms with Crippen LogP contribution in [0, 0.1) is 11.8 Å². The van der Waals surface area contributed by atoms with E-state index in [2.05, 4.69) is 37.8 Å². The third-order valence-electron chi connectivity index (χ3n) is 5.94. The molecule has 2 aliphatic heterocycles. The van der Waals surface area contributed by atoms with Crippen molar-refractivity contribution in [2.45, 2.75) is 30.8 Å². The normalized spacial score (nSPS) is 21.7. The van der Waals surface area contributed by atoms with Gasteiger partial charge in [0.15, 0.2) is 11.4 Å². The van der Waals surface area contributed by atoms with E-state index < -0.39 is 5.60 Å². The number of halogens is 1. The minimum absolute atomic E-state index is 0.144. The van der Waals surface area contributed by atoms with Crippen molar-refractivity contribution >= 4 is 40.4 Å². The highest BCUT2D eigenvalue weighted by Gasteiger charge is 2.45. The molecule has 0 saturated carbocycles. The molecule has 2 aliphatic rings. The maximum absolute atomic E-state index is 10.7. The van der Waals surface area contributed by atoms with Crippen molar-refractivity contribution in [2.75, 3.05) is 30.4 Å². The Morgan fingerprint density at radius 2 is 2.25 bits per heavy atom. The van der Waals surface area contributed by atoms with E-state index in [0.29, 0.717) is 29.0 Å². The number of anilines is 3. The Morgan fingerprint density at radius 3 is 3.00 bits per heavy atom. The molecule has 0 aliphatic carbocycles. The van der Waals surface area contributed by atoms with Gasteiger partial charge >= 0.3 is 0 Å². The Morgan fingerprint density at radius 1 is 1.38 bits per heavy atom. The van der Waals surface area contributed by atoms with Crippen molar-refractivity contribution in [3.05, 3.63) is 57.1 Å². The summed E-state index contributed by atoms with van der Waals surface area (Å²) in [5.74, 6) is 6.80. The molecule has 0 amide bonds. The topological polar surface area (TPSA) is 97.4 Å². The molecule has 2 atom stereocenters. The summed E-state index contributed by atoms with van der Waals surface area (Å²) < 4.78 is 5.88. The lowest BCUT2D eigenvalue weighted by Gasteiger charge is -2.34. The van der Waals surface area contributed by atoms with Crippen LogP contribution in [0.2, 0.25) is 5.02 Å². The molecule has 7 nitrogen and oxygen atoms in total. The second-order valence-corrected chi connectivity index (χ2v) is 9.62. The smallest absolute Gasteiger partial charge is 0.222 e. The van der Waals surface area contributed by atoms with Gasteiger partial charge < -0.3 is 20.5 Å². The molecule has 1 saturated heterocycles. The van der Waals surface area contributed by atoms with Crippen molar-refractivity contribution < 1.29 is 9.84 Å². The zero-order valence-corrected chi connectivity index (χ0v) is 19.1. The van der Waals surface area contributed by atoms with Crippen LogP contribution in [0.1, 0.15) is 35.9 Å². The van der Waals surface area contributed by atoms with Crippen LogP contribution in [-0.2, 0) is 15.8 Å². The van der Waals surface area contributed by atoms with Crippen LogP contribution in [0.15, 0.2) is 36.0 Å². The maximum atomic E-state index is 10.7. The molecule has 1 aromatic carbocycles. The molecule has 1 spiro atoms. The van der Waals surface area contributed by atoms with E-state index in [0.717, 1.165) is 30.7 Å². The molecule has 3 N–H and O–H groups in total. The van der Waals surface area contributed by atoms with Crippen molar-refractivity contribution in [1.82, 2.24) is 15.0 Å². The molecule has 164 valence electrons. The lowest BCUT2D eigenvalue weighted by atomic mass is 9.78. The first-order valence-electron chi connectivity index (χ1n) is 10.3. The highest BCUT2D eigenvalue weighted by Crippen LogP contribution is 2.49. The second kappa shape index (κ2) is 8.01. The van der Waals surface area contributed by atoms with E-state index >= 15 is 0 Å². The van der Waals surface area contributed by atoms with Gasteiger partial charge in [-0.2, -0.15) is 4.98 Å². The summed E-state index contributed by atoms with van der Waals surface area (Å²) in [4.78, 5) is 14.7. The van der Waals surface area contributed by atoms with Crippen molar-refractivity contribution in [2.24, 2.45) is 0 Å². The molecule has 9 heteroatoms. The molecule has 0 bridgehead atoms. The van der Waals surface area contributed by atoms with Gasteiger partial charge in [-0.1, -0.05) is 29.5 Å². The van der Waals surface area contributed by atoms with Gasteiger partial charge in [-0.25, -0.2) is 9.97 Å². The summed E-state index contributed by atoms with van der Waals surface area (Å²) in [6.45, 7) is 3.74. The number of hydrogen-bond donors (Lipinski definition) is 2. The first-order chi connectivity index (χ1) is 15.4. The van der Waals surface area contributed by atoms with Gasteiger partial charge in [-0.05, 0) is 37.5 Å². The largest absolute Gasteiger partial charge is 0.380 e. The van der Waals surface area contributed by atoms with Crippen LogP contribution in [-0.4, -0.2) is 39.8 Å². The van der Waals surface area contributed by atoms with E-state index in [-0.39, 0.29) is 11.4 Å². The number of nitrogens with zero attached hydrogens (tertiary/aromatic N) is 4. The molecule has 5 rings (SSSR count). The molecule has 2 aromatic heterocycles. The Balaban J connectivity index is 1.58. The average molecular weight is 468 g/mol. The minimum Gasteiger partial charge on any atom is -0.380 e. The van der Waals surface area contributed by atoms with E-state index in [9.17, 15) is 5.11 Å². The molecule has 32 heavy (non-hydrogen) atoms. The van der Waals surface area contributed by atoms with Gasteiger partial charge in [-0.15, -0.1) is 11.3 Å². The van der Waals surface area contributed by atoms with Crippen molar-refractivity contribution in [1.29, 1.82) is 0 Å². The highest BCUT2D eigenvalue weighted by atomic mass is 35.5. The predicted octanol–water partition coefficient (Wildman–Crippen LogP) is 3.63. The van der Waals surface area contributed by atoms with Gasteiger partial charge in [-0.3, -0.25) is 0 Å². The number of rotatable bonds is 2. The fourth-order valence-electron chi connectivity index (χ4n) is 4.40. The summed E-state index contributed by atoms with van der Waals surface area (Å²) >= 11 is 7.84. The zero-order valence-electron chi connectivity index (χ0n) is 17.5. The number of nitrogen functional groups attached to an aromatic ring is 1. The molecule has 0 radical (unpaired) electrons. The number of fused-ring (bicyclic) bond motifs is 2. The fraction of sp³-hybridized carbons (Fsp3) is 0.348. The summed E-state index contributed by atoms with van der Waals surface area (Å²) in [5, 5.41) is 13.5. The first-order valence-corrected chi connectivity index (χ1v) is 11.6.